The number of aliphatic imine (C=N–C) groups is 1. The van der Waals surface area contributed by atoms with Gasteiger partial charge >= 0.3 is 0 Å². The molecule has 2 N–H and O–H groups in total. The summed E-state index contributed by atoms with van der Waals surface area (Å²) >= 11 is 0. The first-order chi connectivity index (χ1) is 11.3. The predicted octanol–water partition coefficient (Wildman–Crippen LogP) is 3.89. The van der Waals surface area contributed by atoms with E-state index in [9.17, 15) is 5.11 Å². The zero-order valence-electron chi connectivity index (χ0n) is 12.1. The van der Waals surface area contributed by atoms with Gasteiger partial charge in [-0.1, -0.05) is 36.4 Å². The number of aliphatic hydroxyl groups is 1. The van der Waals surface area contributed by atoms with Crippen LogP contribution in [0.25, 0.3) is 21.5 Å². The standard InChI is InChI=1S/C18H12N4O/c1-19-12-7-8-14-15(9-12)22-18(21-14)13-10-20-16(17(13)23)11-5-3-2-4-6-11/h2-9,23H,10H2,(H,21,22). The molecule has 1 aromatic heterocycles. The van der Waals surface area contributed by atoms with Crippen LogP contribution >= 0.6 is 0 Å². The largest absolute Gasteiger partial charge is 0.505 e. The first kappa shape index (κ1) is 13.3. The topological polar surface area (TPSA) is 65.6 Å². The summed E-state index contributed by atoms with van der Waals surface area (Å²) in [6.45, 7) is 7.45. The van der Waals surface area contributed by atoms with E-state index in [0.29, 0.717) is 29.3 Å². The third kappa shape index (κ3) is 2.17. The summed E-state index contributed by atoms with van der Waals surface area (Å²) in [5.74, 6) is 0.745. The van der Waals surface area contributed by atoms with Gasteiger partial charge in [0, 0.05) is 5.56 Å². The van der Waals surface area contributed by atoms with Crippen LogP contribution in [0.5, 0.6) is 0 Å². The molecule has 0 spiro atoms. The lowest BCUT2D eigenvalue weighted by atomic mass is 10.1. The number of H-pyrrole nitrogens is 1. The molecular weight excluding hydrogens is 288 g/mol. The van der Waals surface area contributed by atoms with Crippen LogP contribution in [0.3, 0.4) is 0 Å². The smallest absolute Gasteiger partial charge is 0.189 e. The van der Waals surface area contributed by atoms with E-state index in [2.05, 4.69) is 19.8 Å². The number of benzene rings is 2. The second-order valence-electron chi connectivity index (χ2n) is 5.26. The van der Waals surface area contributed by atoms with E-state index in [4.69, 9.17) is 6.57 Å². The highest BCUT2D eigenvalue weighted by atomic mass is 16.3. The Morgan fingerprint density at radius 3 is 2.74 bits per heavy atom. The molecule has 0 fully saturated rings. The van der Waals surface area contributed by atoms with Crippen LogP contribution in [0.2, 0.25) is 0 Å². The van der Waals surface area contributed by atoms with E-state index >= 15 is 0 Å². The molecule has 0 saturated heterocycles. The maximum Gasteiger partial charge on any atom is 0.189 e. The second-order valence-corrected chi connectivity index (χ2v) is 5.26. The molecule has 0 aliphatic carbocycles. The molecule has 3 aromatic rings. The van der Waals surface area contributed by atoms with Gasteiger partial charge in [0.25, 0.3) is 0 Å². The van der Waals surface area contributed by atoms with E-state index in [1.807, 2.05) is 30.3 Å². The monoisotopic (exact) mass is 300 g/mol. The fourth-order valence-electron chi connectivity index (χ4n) is 2.67. The molecule has 2 heterocycles. The van der Waals surface area contributed by atoms with Gasteiger partial charge in [-0.15, -0.1) is 0 Å². The molecule has 0 unspecified atom stereocenters. The van der Waals surface area contributed by atoms with Crippen LogP contribution in [0.1, 0.15) is 11.4 Å². The summed E-state index contributed by atoms with van der Waals surface area (Å²) in [6, 6.07) is 14.9. The van der Waals surface area contributed by atoms with Gasteiger partial charge in [-0.2, -0.15) is 0 Å². The lowest BCUT2D eigenvalue weighted by molar-refractivity contribution is 0.447. The van der Waals surface area contributed by atoms with Gasteiger partial charge < -0.3 is 10.1 Å². The van der Waals surface area contributed by atoms with Gasteiger partial charge in [-0.25, -0.2) is 9.83 Å². The molecule has 0 atom stereocenters. The zero-order chi connectivity index (χ0) is 15.8. The van der Waals surface area contributed by atoms with E-state index in [1.54, 1.807) is 18.2 Å². The molecule has 0 amide bonds. The van der Waals surface area contributed by atoms with Crippen molar-refractivity contribution in [3.8, 4) is 0 Å². The third-order valence-electron chi connectivity index (χ3n) is 3.83. The van der Waals surface area contributed by atoms with Gasteiger partial charge in [-0.05, 0) is 12.1 Å². The Bertz CT molecular complexity index is 1010. The Morgan fingerprint density at radius 2 is 1.96 bits per heavy atom. The number of rotatable bonds is 2. The number of nitrogens with zero attached hydrogens (tertiary/aromatic N) is 3. The number of aromatic amines is 1. The van der Waals surface area contributed by atoms with Crippen molar-refractivity contribution in [3.63, 3.8) is 0 Å². The number of aliphatic hydroxyl groups excluding tert-OH is 1. The number of imidazole rings is 1. The molecule has 2 aromatic carbocycles. The fraction of sp³-hybridized carbons (Fsp3) is 0.0556. The Hall–Kier alpha value is -3.39. The number of allylic oxidation sites excluding steroid dienone is 1. The molecule has 5 nitrogen and oxygen atoms in total. The van der Waals surface area contributed by atoms with Gasteiger partial charge in [0.05, 0.1) is 29.7 Å². The van der Waals surface area contributed by atoms with Crippen LogP contribution in [0.15, 0.2) is 59.3 Å². The summed E-state index contributed by atoms with van der Waals surface area (Å²) in [7, 11) is 0. The minimum Gasteiger partial charge on any atom is -0.505 e. The fourth-order valence-corrected chi connectivity index (χ4v) is 2.67. The van der Waals surface area contributed by atoms with Crippen LogP contribution in [0.4, 0.5) is 5.69 Å². The Labute approximate surface area is 132 Å². The maximum atomic E-state index is 10.5. The Kier molecular flexibility index (Phi) is 2.95. The van der Waals surface area contributed by atoms with Crippen LogP contribution in [-0.2, 0) is 0 Å². The van der Waals surface area contributed by atoms with Crippen molar-refractivity contribution in [1.82, 2.24) is 9.97 Å². The summed E-state index contributed by atoms with van der Waals surface area (Å²) in [5, 5.41) is 10.5. The minimum absolute atomic E-state index is 0.153. The number of aromatic nitrogens is 2. The van der Waals surface area contributed by atoms with Gasteiger partial charge in [0.2, 0.25) is 0 Å². The Balaban J connectivity index is 1.77. The molecule has 0 radical (unpaired) electrons. The van der Waals surface area contributed by atoms with E-state index < -0.39 is 0 Å². The van der Waals surface area contributed by atoms with E-state index in [1.165, 1.54) is 0 Å². The van der Waals surface area contributed by atoms with Gasteiger partial charge in [0.15, 0.2) is 5.69 Å². The molecule has 5 heteroatoms. The van der Waals surface area contributed by atoms with Crippen LogP contribution in [0, 0.1) is 6.57 Å². The first-order valence-electron chi connectivity index (χ1n) is 7.16. The summed E-state index contributed by atoms with van der Waals surface area (Å²) < 4.78 is 0. The molecule has 0 bridgehead atoms. The molecule has 1 aliphatic heterocycles. The van der Waals surface area contributed by atoms with E-state index in [0.717, 1.165) is 16.6 Å². The zero-order valence-corrected chi connectivity index (χ0v) is 12.1. The summed E-state index contributed by atoms with van der Waals surface area (Å²) in [4.78, 5) is 15.5. The number of hydrogen-bond donors (Lipinski definition) is 2. The molecule has 4 rings (SSSR count). The number of nitrogens with one attached hydrogen (secondary N) is 1. The van der Waals surface area contributed by atoms with Crippen molar-refractivity contribution in [2.75, 3.05) is 6.54 Å². The molecule has 1 aliphatic rings. The first-order valence-corrected chi connectivity index (χ1v) is 7.16. The van der Waals surface area contributed by atoms with Crippen molar-refractivity contribution < 1.29 is 5.11 Å². The van der Waals surface area contributed by atoms with Gasteiger partial charge in [-0.3, -0.25) is 4.99 Å². The van der Waals surface area contributed by atoms with Crippen molar-refractivity contribution in [2.24, 2.45) is 4.99 Å². The lowest BCUT2D eigenvalue weighted by Crippen LogP contribution is -2.02. The van der Waals surface area contributed by atoms with Crippen molar-refractivity contribution in [1.29, 1.82) is 0 Å². The van der Waals surface area contributed by atoms with Crippen molar-refractivity contribution >= 4 is 28.0 Å². The lowest BCUT2D eigenvalue weighted by Gasteiger charge is -2.01. The SMILES string of the molecule is [C-]#[N+]c1ccc2nc(C3=C(O)C(c4ccccc4)=NC3)[nH]c2c1. The number of fused-ring (bicyclic) bond motifs is 1. The normalized spacial score (nSPS) is 14.1. The Morgan fingerprint density at radius 1 is 1.13 bits per heavy atom. The molecular formula is C18H12N4O. The maximum absolute atomic E-state index is 10.5. The summed E-state index contributed by atoms with van der Waals surface area (Å²) in [6.07, 6.45) is 0. The number of hydrogen-bond acceptors (Lipinski definition) is 3. The molecule has 0 saturated carbocycles. The van der Waals surface area contributed by atoms with E-state index in [-0.39, 0.29) is 5.76 Å². The third-order valence-corrected chi connectivity index (χ3v) is 3.83. The second kappa shape index (κ2) is 5.11. The van der Waals surface area contributed by atoms with Gasteiger partial charge in [0.1, 0.15) is 17.3 Å². The highest BCUT2D eigenvalue weighted by Crippen LogP contribution is 2.27. The van der Waals surface area contributed by atoms with Crippen molar-refractivity contribution in [2.45, 2.75) is 0 Å². The highest BCUT2D eigenvalue weighted by molar-refractivity contribution is 6.17. The average Bonchev–Trinajstić information content (AvgIpc) is 3.17. The van der Waals surface area contributed by atoms with Crippen molar-refractivity contribution in [3.05, 3.63) is 77.1 Å². The van der Waals surface area contributed by atoms with Crippen LogP contribution < -0.4 is 0 Å². The molecule has 23 heavy (non-hydrogen) atoms. The highest BCUT2D eigenvalue weighted by Gasteiger charge is 2.23. The van der Waals surface area contributed by atoms with Crippen LogP contribution in [-0.4, -0.2) is 27.3 Å². The molecule has 110 valence electrons. The average molecular weight is 300 g/mol. The quantitative estimate of drug-likeness (QED) is 0.705. The predicted molar refractivity (Wildman–Crippen MR) is 89.8 cm³/mol. The summed E-state index contributed by atoms with van der Waals surface area (Å²) in [5.41, 5.74) is 4.24. The minimum atomic E-state index is 0.153.